The third-order valence-electron chi connectivity index (χ3n) is 2.46. The molecule has 0 radical (unpaired) electrons. The molecule has 0 aromatic rings. The number of carbonyl (C=O) groups is 1. The number of carbonyl (C=O) groups excluding carboxylic acids is 1. The van der Waals surface area contributed by atoms with Gasteiger partial charge in [-0.25, -0.2) is 0 Å². The highest BCUT2D eigenvalue weighted by atomic mass is 79.9. The van der Waals surface area contributed by atoms with Gasteiger partial charge in [0.15, 0.2) is 0 Å². The summed E-state index contributed by atoms with van der Waals surface area (Å²) in [5, 5.41) is 10.3. The van der Waals surface area contributed by atoms with Crippen LogP contribution in [0.1, 0.15) is 38.5 Å². The van der Waals surface area contributed by atoms with E-state index in [1.54, 1.807) is 0 Å². The standard InChI is InChI=1S/C9H15BrO2/c10-7-8(11)6-9(12)4-2-1-3-5-9/h12H,1-7H2. The second-order valence-electron chi connectivity index (χ2n) is 3.63. The van der Waals surface area contributed by atoms with Gasteiger partial charge in [-0.3, -0.25) is 4.79 Å². The summed E-state index contributed by atoms with van der Waals surface area (Å²) in [6.45, 7) is 0. The zero-order valence-electron chi connectivity index (χ0n) is 7.18. The number of hydrogen-bond acceptors (Lipinski definition) is 2. The van der Waals surface area contributed by atoms with Crippen LogP contribution in [0.4, 0.5) is 0 Å². The number of ketones is 1. The van der Waals surface area contributed by atoms with Crippen LogP contribution < -0.4 is 0 Å². The maximum atomic E-state index is 11.1. The molecule has 70 valence electrons. The molecule has 1 N–H and O–H groups in total. The Bertz CT molecular complexity index is 162. The summed E-state index contributed by atoms with van der Waals surface area (Å²) in [4.78, 5) is 11.1. The lowest BCUT2D eigenvalue weighted by molar-refractivity contribution is -0.122. The zero-order valence-corrected chi connectivity index (χ0v) is 8.77. The summed E-state index contributed by atoms with van der Waals surface area (Å²) in [6, 6.07) is 0. The molecule has 1 aliphatic carbocycles. The first-order valence-corrected chi connectivity index (χ1v) is 5.58. The first-order chi connectivity index (χ1) is 5.66. The maximum absolute atomic E-state index is 11.1. The van der Waals surface area contributed by atoms with Gasteiger partial charge in [0.2, 0.25) is 0 Å². The Hall–Kier alpha value is 0.110. The van der Waals surface area contributed by atoms with Gasteiger partial charge in [-0.2, -0.15) is 0 Å². The van der Waals surface area contributed by atoms with Gasteiger partial charge >= 0.3 is 0 Å². The van der Waals surface area contributed by atoms with Crippen LogP contribution in [-0.4, -0.2) is 21.8 Å². The Balaban J connectivity index is 2.41. The molecule has 0 amide bonds. The molecule has 1 fully saturated rings. The number of hydrogen-bond donors (Lipinski definition) is 1. The number of halogens is 1. The molecule has 0 aliphatic heterocycles. The summed E-state index contributed by atoms with van der Waals surface area (Å²) < 4.78 is 0. The van der Waals surface area contributed by atoms with Crippen molar-refractivity contribution in [1.82, 2.24) is 0 Å². The number of alkyl halides is 1. The Morgan fingerprint density at radius 3 is 2.42 bits per heavy atom. The molecule has 0 aromatic heterocycles. The molecular formula is C9H15BrO2. The topological polar surface area (TPSA) is 37.3 Å². The fourth-order valence-corrected chi connectivity index (χ4v) is 2.00. The molecule has 0 atom stereocenters. The summed E-state index contributed by atoms with van der Waals surface area (Å²) in [7, 11) is 0. The second-order valence-corrected chi connectivity index (χ2v) is 4.19. The van der Waals surface area contributed by atoms with Crippen molar-refractivity contribution in [1.29, 1.82) is 0 Å². The third kappa shape index (κ3) is 2.87. The minimum absolute atomic E-state index is 0.111. The number of Topliss-reactive ketones (excluding diaryl/α,β-unsaturated/α-hetero) is 1. The fourth-order valence-electron chi connectivity index (χ4n) is 1.80. The van der Waals surface area contributed by atoms with E-state index in [1.165, 1.54) is 6.42 Å². The largest absolute Gasteiger partial charge is 0.389 e. The van der Waals surface area contributed by atoms with E-state index in [0.29, 0.717) is 11.8 Å². The lowest BCUT2D eigenvalue weighted by Crippen LogP contribution is -2.34. The number of rotatable bonds is 3. The van der Waals surface area contributed by atoms with Crippen LogP contribution in [0, 0.1) is 0 Å². The molecule has 0 spiro atoms. The summed E-state index contributed by atoms with van der Waals surface area (Å²) >= 11 is 3.11. The average molecular weight is 235 g/mol. The van der Waals surface area contributed by atoms with E-state index in [0.717, 1.165) is 25.7 Å². The Morgan fingerprint density at radius 2 is 1.92 bits per heavy atom. The highest BCUT2D eigenvalue weighted by Crippen LogP contribution is 2.30. The predicted octanol–water partition coefficient (Wildman–Crippen LogP) is 2.04. The molecule has 3 heteroatoms. The first kappa shape index (κ1) is 10.2. The Morgan fingerprint density at radius 1 is 1.33 bits per heavy atom. The van der Waals surface area contributed by atoms with Gasteiger partial charge in [0, 0.05) is 6.42 Å². The molecule has 2 nitrogen and oxygen atoms in total. The second kappa shape index (κ2) is 4.38. The lowest BCUT2D eigenvalue weighted by Gasteiger charge is -2.31. The van der Waals surface area contributed by atoms with Crippen molar-refractivity contribution in [3.8, 4) is 0 Å². The van der Waals surface area contributed by atoms with Gasteiger partial charge in [-0.1, -0.05) is 35.2 Å². The van der Waals surface area contributed by atoms with Gasteiger partial charge in [0.05, 0.1) is 10.9 Å². The van der Waals surface area contributed by atoms with Crippen molar-refractivity contribution in [2.24, 2.45) is 0 Å². The van der Waals surface area contributed by atoms with Crippen molar-refractivity contribution < 1.29 is 9.90 Å². The molecule has 0 aromatic carbocycles. The van der Waals surface area contributed by atoms with Crippen molar-refractivity contribution >= 4 is 21.7 Å². The quantitative estimate of drug-likeness (QED) is 0.760. The zero-order chi connectivity index (χ0) is 9.03. The van der Waals surface area contributed by atoms with Crippen molar-refractivity contribution in [2.75, 3.05) is 5.33 Å². The van der Waals surface area contributed by atoms with Crippen LogP contribution in [0.2, 0.25) is 0 Å². The predicted molar refractivity (Wildman–Crippen MR) is 51.5 cm³/mol. The van der Waals surface area contributed by atoms with Gasteiger partial charge in [-0.15, -0.1) is 0 Å². The van der Waals surface area contributed by atoms with E-state index in [9.17, 15) is 9.90 Å². The first-order valence-electron chi connectivity index (χ1n) is 4.46. The van der Waals surface area contributed by atoms with E-state index in [1.807, 2.05) is 0 Å². The van der Waals surface area contributed by atoms with Gasteiger partial charge in [-0.05, 0) is 12.8 Å². The van der Waals surface area contributed by atoms with Gasteiger partial charge in [0.25, 0.3) is 0 Å². The minimum atomic E-state index is -0.677. The fraction of sp³-hybridized carbons (Fsp3) is 0.889. The smallest absolute Gasteiger partial charge is 0.146 e. The molecule has 1 rings (SSSR count). The maximum Gasteiger partial charge on any atom is 0.146 e. The van der Waals surface area contributed by atoms with E-state index < -0.39 is 5.60 Å². The van der Waals surface area contributed by atoms with E-state index in [4.69, 9.17) is 0 Å². The van der Waals surface area contributed by atoms with Crippen LogP contribution in [0.5, 0.6) is 0 Å². The van der Waals surface area contributed by atoms with Crippen LogP contribution in [0.15, 0.2) is 0 Å². The molecule has 1 saturated carbocycles. The van der Waals surface area contributed by atoms with Gasteiger partial charge in [0.1, 0.15) is 5.78 Å². The van der Waals surface area contributed by atoms with Crippen LogP contribution >= 0.6 is 15.9 Å². The monoisotopic (exact) mass is 234 g/mol. The molecule has 12 heavy (non-hydrogen) atoms. The Labute approximate surface area is 81.5 Å². The normalized spacial score (nSPS) is 22.2. The SMILES string of the molecule is O=C(CBr)CC1(O)CCCCC1. The summed E-state index contributed by atoms with van der Waals surface area (Å²) in [5.74, 6) is 0.111. The van der Waals surface area contributed by atoms with E-state index >= 15 is 0 Å². The molecule has 0 unspecified atom stereocenters. The van der Waals surface area contributed by atoms with Crippen molar-refractivity contribution in [3.63, 3.8) is 0 Å². The highest BCUT2D eigenvalue weighted by Gasteiger charge is 2.30. The van der Waals surface area contributed by atoms with Crippen LogP contribution in [0.25, 0.3) is 0 Å². The molecule has 0 heterocycles. The number of aliphatic hydroxyl groups is 1. The average Bonchev–Trinajstić information content (AvgIpc) is 2.05. The lowest BCUT2D eigenvalue weighted by atomic mass is 9.82. The summed E-state index contributed by atoms with van der Waals surface area (Å²) in [6.07, 6.45) is 5.25. The van der Waals surface area contributed by atoms with Crippen molar-refractivity contribution in [3.05, 3.63) is 0 Å². The van der Waals surface area contributed by atoms with Gasteiger partial charge < -0.3 is 5.11 Å². The van der Waals surface area contributed by atoms with Crippen LogP contribution in [0.3, 0.4) is 0 Å². The molecular weight excluding hydrogens is 220 g/mol. The summed E-state index contributed by atoms with van der Waals surface area (Å²) in [5.41, 5.74) is -0.677. The molecule has 0 saturated heterocycles. The molecule has 0 bridgehead atoms. The van der Waals surface area contributed by atoms with Crippen molar-refractivity contribution in [2.45, 2.75) is 44.1 Å². The third-order valence-corrected chi connectivity index (χ3v) is 3.08. The van der Waals surface area contributed by atoms with E-state index in [-0.39, 0.29) is 5.78 Å². The van der Waals surface area contributed by atoms with Crippen LogP contribution in [-0.2, 0) is 4.79 Å². The molecule has 1 aliphatic rings. The minimum Gasteiger partial charge on any atom is -0.389 e. The Kier molecular flexibility index (Phi) is 3.72. The highest BCUT2D eigenvalue weighted by molar-refractivity contribution is 9.09. The van der Waals surface area contributed by atoms with E-state index in [2.05, 4.69) is 15.9 Å².